The molecule has 0 bridgehead atoms. The minimum atomic E-state index is -0.227. The summed E-state index contributed by atoms with van der Waals surface area (Å²) in [6.45, 7) is 10.8. The third kappa shape index (κ3) is 5.45. The molecule has 20 heavy (non-hydrogen) atoms. The first kappa shape index (κ1) is 16.9. The first-order valence-corrected chi connectivity index (χ1v) is 7.66. The molecule has 0 aromatic carbocycles. The van der Waals surface area contributed by atoms with Crippen LogP contribution in [0.4, 0.5) is 10.2 Å². The summed E-state index contributed by atoms with van der Waals surface area (Å²) in [6.07, 6.45) is 3.87. The molecule has 0 saturated carbocycles. The standard InChI is InChI=1S/C16H28FN3/c1-5-13(6-2)10-20-16-15(17)14(7-8-19-16)11-18-9-12(3)4/h7-8,12-13,18H,5-6,9-11H2,1-4H3,(H,19,20). The lowest BCUT2D eigenvalue weighted by molar-refractivity contribution is 0.512. The van der Waals surface area contributed by atoms with Crippen LogP contribution in [0.3, 0.4) is 0 Å². The molecule has 0 fully saturated rings. The minimum absolute atomic E-state index is 0.227. The predicted octanol–water partition coefficient (Wildman–Crippen LogP) is 3.81. The number of anilines is 1. The minimum Gasteiger partial charge on any atom is -0.367 e. The van der Waals surface area contributed by atoms with Gasteiger partial charge in [0.2, 0.25) is 0 Å². The molecule has 1 aromatic rings. The number of rotatable bonds is 9. The fourth-order valence-corrected chi connectivity index (χ4v) is 2.06. The van der Waals surface area contributed by atoms with Crippen LogP contribution in [0.15, 0.2) is 12.3 Å². The summed E-state index contributed by atoms with van der Waals surface area (Å²) in [5.74, 6) is 1.28. The molecule has 0 spiro atoms. The van der Waals surface area contributed by atoms with Crippen molar-refractivity contribution in [3.63, 3.8) is 0 Å². The Bertz CT molecular complexity index is 389. The molecule has 3 nitrogen and oxygen atoms in total. The van der Waals surface area contributed by atoms with Crippen molar-refractivity contribution in [2.24, 2.45) is 11.8 Å². The van der Waals surface area contributed by atoms with Crippen molar-refractivity contribution in [3.05, 3.63) is 23.6 Å². The number of hydrogen-bond acceptors (Lipinski definition) is 3. The van der Waals surface area contributed by atoms with Crippen LogP contribution < -0.4 is 10.6 Å². The molecule has 0 atom stereocenters. The number of hydrogen-bond donors (Lipinski definition) is 2. The zero-order chi connectivity index (χ0) is 15.0. The van der Waals surface area contributed by atoms with Gasteiger partial charge in [0.15, 0.2) is 11.6 Å². The largest absolute Gasteiger partial charge is 0.367 e. The van der Waals surface area contributed by atoms with Gasteiger partial charge in [-0.05, 0) is 24.4 Å². The van der Waals surface area contributed by atoms with Crippen LogP contribution >= 0.6 is 0 Å². The van der Waals surface area contributed by atoms with Crippen LogP contribution in [-0.2, 0) is 6.54 Å². The lowest BCUT2D eigenvalue weighted by Crippen LogP contribution is -2.20. The highest BCUT2D eigenvalue weighted by Gasteiger charge is 2.11. The van der Waals surface area contributed by atoms with Crippen molar-refractivity contribution in [3.8, 4) is 0 Å². The van der Waals surface area contributed by atoms with Crippen LogP contribution in [-0.4, -0.2) is 18.1 Å². The average Bonchev–Trinajstić information content (AvgIpc) is 2.43. The summed E-state index contributed by atoms with van der Waals surface area (Å²) in [6, 6.07) is 1.74. The van der Waals surface area contributed by atoms with Gasteiger partial charge in [0.1, 0.15) is 0 Å². The molecule has 0 amide bonds. The fourth-order valence-electron chi connectivity index (χ4n) is 2.06. The Labute approximate surface area is 122 Å². The number of pyridine rings is 1. The Morgan fingerprint density at radius 2 is 1.90 bits per heavy atom. The number of nitrogens with zero attached hydrogens (tertiary/aromatic N) is 1. The van der Waals surface area contributed by atoms with Crippen LogP contribution in [0.2, 0.25) is 0 Å². The van der Waals surface area contributed by atoms with Gasteiger partial charge in [-0.2, -0.15) is 0 Å². The number of halogens is 1. The van der Waals surface area contributed by atoms with E-state index in [1.807, 2.05) is 0 Å². The summed E-state index contributed by atoms with van der Waals surface area (Å²) in [5, 5.41) is 6.40. The Balaban J connectivity index is 2.59. The van der Waals surface area contributed by atoms with E-state index in [2.05, 4.69) is 43.3 Å². The van der Waals surface area contributed by atoms with E-state index in [-0.39, 0.29) is 5.82 Å². The van der Waals surface area contributed by atoms with E-state index in [1.54, 1.807) is 12.3 Å². The third-order valence-electron chi connectivity index (χ3n) is 3.55. The number of nitrogens with one attached hydrogen (secondary N) is 2. The Morgan fingerprint density at radius 1 is 1.20 bits per heavy atom. The van der Waals surface area contributed by atoms with Gasteiger partial charge in [0.05, 0.1) is 0 Å². The lowest BCUT2D eigenvalue weighted by Gasteiger charge is -2.15. The van der Waals surface area contributed by atoms with E-state index in [4.69, 9.17) is 0 Å². The third-order valence-corrected chi connectivity index (χ3v) is 3.55. The molecule has 0 saturated heterocycles. The van der Waals surface area contributed by atoms with Gasteiger partial charge in [-0.3, -0.25) is 0 Å². The van der Waals surface area contributed by atoms with Gasteiger partial charge in [0, 0.05) is 24.8 Å². The summed E-state index contributed by atoms with van der Waals surface area (Å²) in [4.78, 5) is 4.11. The highest BCUT2D eigenvalue weighted by atomic mass is 19.1. The molecule has 0 unspecified atom stereocenters. The normalized spacial score (nSPS) is 11.3. The van der Waals surface area contributed by atoms with Crippen LogP contribution in [0.25, 0.3) is 0 Å². The maximum absolute atomic E-state index is 14.3. The highest BCUT2D eigenvalue weighted by molar-refractivity contribution is 5.39. The molecular formula is C16H28FN3. The molecule has 0 aliphatic carbocycles. The zero-order valence-electron chi connectivity index (χ0n) is 13.2. The van der Waals surface area contributed by atoms with Crippen LogP contribution in [0.1, 0.15) is 46.1 Å². The van der Waals surface area contributed by atoms with Crippen molar-refractivity contribution >= 4 is 5.82 Å². The first-order valence-electron chi connectivity index (χ1n) is 7.66. The van der Waals surface area contributed by atoms with E-state index in [1.165, 1.54) is 0 Å². The van der Waals surface area contributed by atoms with E-state index in [0.29, 0.717) is 29.8 Å². The second-order valence-corrected chi connectivity index (χ2v) is 5.72. The second-order valence-electron chi connectivity index (χ2n) is 5.72. The maximum atomic E-state index is 14.3. The van der Waals surface area contributed by atoms with Crippen molar-refractivity contribution in [1.29, 1.82) is 0 Å². The zero-order valence-corrected chi connectivity index (χ0v) is 13.2. The smallest absolute Gasteiger partial charge is 0.169 e. The summed E-state index contributed by atoms with van der Waals surface area (Å²) in [5.41, 5.74) is 0.674. The molecule has 1 aromatic heterocycles. The van der Waals surface area contributed by atoms with Crippen molar-refractivity contribution in [1.82, 2.24) is 10.3 Å². The van der Waals surface area contributed by atoms with Crippen LogP contribution in [0.5, 0.6) is 0 Å². The monoisotopic (exact) mass is 281 g/mol. The van der Waals surface area contributed by atoms with Crippen molar-refractivity contribution in [2.75, 3.05) is 18.4 Å². The molecule has 0 aliphatic heterocycles. The molecule has 2 N–H and O–H groups in total. The van der Waals surface area contributed by atoms with E-state index < -0.39 is 0 Å². The Morgan fingerprint density at radius 3 is 2.50 bits per heavy atom. The van der Waals surface area contributed by atoms with Gasteiger partial charge >= 0.3 is 0 Å². The first-order chi connectivity index (χ1) is 9.58. The molecule has 1 rings (SSSR count). The Kier molecular flexibility index (Phi) is 7.52. The maximum Gasteiger partial charge on any atom is 0.169 e. The van der Waals surface area contributed by atoms with Gasteiger partial charge in [-0.1, -0.05) is 40.5 Å². The lowest BCUT2D eigenvalue weighted by atomic mass is 10.0. The average molecular weight is 281 g/mol. The summed E-state index contributed by atoms with van der Waals surface area (Å²) < 4.78 is 14.3. The van der Waals surface area contributed by atoms with Gasteiger partial charge in [-0.15, -0.1) is 0 Å². The molecule has 4 heteroatoms. The predicted molar refractivity (Wildman–Crippen MR) is 83.3 cm³/mol. The number of aromatic nitrogens is 1. The van der Waals surface area contributed by atoms with Gasteiger partial charge in [-0.25, -0.2) is 9.37 Å². The van der Waals surface area contributed by atoms with Crippen LogP contribution in [0, 0.1) is 17.7 Å². The van der Waals surface area contributed by atoms with Gasteiger partial charge in [0.25, 0.3) is 0 Å². The molecule has 0 radical (unpaired) electrons. The quantitative estimate of drug-likeness (QED) is 0.722. The molecule has 0 aliphatic rings. The van der Waals surface area contributed by atoms with E-state index in [9.17, 15) is 4.39 Å². The van der Waals surface area contributed by atoms with Crippen molar-refractivity contribution < 1.29 is 4.39 Å². The fraction of sp³-hybridized carbons (Fsp3) is 0.688. The molecule has 1 heterocycles. The van der Waals surface area contributed by atoms with E-state index >= 15 is 0 Å². The molecular weight excluding hydrogens is 253 g/mol. The van der Waals surface area contributed by atoms with Gasteiger partial charge < -0.3 is 10.6 Å². The highest BCUT2D eigenvalue weighted by Crippen LogP contribution is 2.16. The topological polar surface area (TPSA) is 37.0 Å². The van der Waals surface area contributed by atoms with Crippen molar-refractivity contribution in [2.45, 2.75) is 47.1 Å². The second kappa shape index (κ2) is 8.90. The van der Waals surface area contributed by atoms with E-state index in [0.717, 1.165) is 25.9 Å². The summed E-state index contributed by atoms with van der Waals surface area (Å²) >= 11 is 0. The molecule has 114 valence electrons. The summed E-state index contributed by atoms with van der Waals surface area (Å²) in [7, 11) is 0. The Hall–Kier alpha value is -1.16. The SMILES string of the molecule is CCC(CC)CNc1nccc(CNCC(C)C)c1F.